The van der Waals surface area contributed by atoms with Crippen LogP contribution in [0.5, 0.6) is 11.5 Å². The van der Waals surface area contributed by atoms with Gasteiger partial charge in [-0.3, -0.25) is 9.79 Å². The second-order valence-corrected chi connectivity index (χ2v) is 7.84. The monoisotopic (exact) mass is 445 g/mol. The predicted molar refractivity (Wildman–Crippen MR) is 134 cm³/mol. The van der Waals surface area contributed by atoms with Gasteiger partial charge in [0.05, 0.1) is 5.57 Å². The summed E-state index contributed by atoms with van der Waals surface area (Å²) in [6.45, 7) is 7.11. The number of nitrogens with two attached hydrogens (primary N) is 1. The molecule has 1 aliphatic rings. The molecule has 0 bridgehead atoms. The van der Waals surface area contributed by atoms with Crippen LogP contribution in [0.15, 0.2) is 83.1 Å². The highest BCUT2D eigenvalue weighted by Gasteiger charge is 2.24. The van der Waals surface area contributed by atoms with Gasteiger partial charge < -0.3 is 21.1 Å². The Morgan fingerprint density at radius 3 is 2.12 bits per heavy atom. The Balaban J connectivity index is 1.71. The number of nitrogens with zero attached hydrogens (tertiary/aromatic N) is 2. The minimum atomic E-state index is -0.128. The Morgan fingerprint density at radius 2 is 1.58 bits per heavy atom. The summed E-state index contributed by atoms with van der Waals surface area (Å²) in [6.07, 6.45) is 4.88. The number of hydrogen-bond donors (Lipinski definition) is 3. The van der Waals surface area contributed by atoms with Crippen LogP contribution in [0.3, 0.4) is 0 Å². The highest BCUT2D eigenvalue weighted by atomic mass is 16.5. The molecule has 1 fully saturated rings. The van der Waals surface area contributed by atoms with Crippen LogP contribution in [0.4, 0.5) is 0 Å². The van der Waals surface area contributed by atoms with Crippen molar-refractivity contribution in [2.24, 2.45) is 15.7 Å². The van der Waals surface area contributed by atoms with Gasteiger partial charge in [0.15, 0.2) is 0 Å². The highest BCUT2D eigenvalue weighted by Crippen LogP contribution is 2.26. The molecule has 1 amide bonds. The standard InChI is InChI=1S/C26H31N5O2/c1-4-23(32)30-19-12-14-20(15-13-19)31-26(29-3)24(25(27)28-2)18-10-16-22(17-11-18)33-21-8-6-5-7-9-21/h4-11,16-17,19-20H,1-2,12-15,27H2,3H3,(H,29,31)(H,30,32)/b25-24-/t19-,20-. The van der Waals surface area contributed by atoms with Gasteiger partial charge in [0.25, 0.3) is 0 Å². The van der Waals surface area contributed by atoms with Crippen molar-refractivity contribution in [2.45, 2.75) is 37.8 Å². The quantitative estimate of drug-likeness (QED) is 0.324. The number of amides is 1. The summed E-state index contributed by atoms with van der Waals surface area (Å²) in [7, 11) is 1.72. The van der Waals surface area contributed by atoms with Crippen molar-refractivity contribution in [3.05, 3.63) is 78.6 Å². The fourth-order valence-electron chi connectivity index (χ4n) is 3.88. The predicted octanol–water partition coefficient (Wildman–Crippen LogP) is 4.04. The van der Waals surface area contributed by atoms with Crippen molar-refractivity contribution >= 4 is 24.0 Å². The van der Waals surface area contributed by atoms with Gasteiger partial charge in [0.2, 0.25) is 5.91 Å². The van der Waals surface area contributed by atoms with E-state index in [9.17, 15) is 4.79 Å². The molecule has 2 aromatic carbocycles. The lowest BCUT2D eigenvalue weighted by molar-refractivity contribution is -0.117. The minimum Gasteiger partial charge on any atom is -0.457 e. The Kier molecular flexibility index (Phi) is 8.41. The SMILES string of the molecule is C=CC(=O)N[C@H]1CC[C@H](NC(=N/C)/C(=C(/N)N=C)c2ccc(Oc3ccccc3)cc2)CC1. The number of hydrogen-bond acceptors (Lipinski definition) is 5. The summed E-state index contributed by atoms with van der Waals surface area (Å²) in [4.78, 5) is 20.0. The number of carbonyl (C=O) groups excluding carboxylic acids is 1. The maximum absolute atomic E-state index is 11.6. The first-order chi connectivity index (χ1) is 16.0. The van der Waals surface area contributed by atoms with E-state index in [0.717, 1.165) is 42.7 Å². The summed E-state index contributed by atoms with van der Waals surface area (Å²) >= 11 is 0. The van der Waals surface area contributed by atoms with E-state index in [-0.39, 0.29) is 18.0 Å². The maximum Gasteiger partial charge on any atom is 0.243 e. The van der Waals surface area contributed by atoms with Crippen LogP contribution < -0.4 is 21.1 Å². The molecule has 0 atom stereocenters. The first kappa shape index (κ1) is 23.8. The molecule has 0 spiro atoms. The highest BCUT2D eigenvalue weighted by molar-refractivity contribution is 6.23. The van der Waals surface area contributed by atoms with E-state index in [0.29, 0.717) is 17.2 Å². The number of ether oxygens (including phenoxy) is 1. The molecule has 1 saturated carbocycles. The lowest BCUT2D eigenvalue weighted by Crippen LogP contribution is -2.43. The molecular weight excluding hydrogens is 414 g/mol. The number of benzene rings is 2. The Morgan fingerprint density at radius 1 is 1.00 bits per heavy atom. The minimum absolute atomic E-state index is 0.128. The topological polar surface area (TPSA) is 101 Å². The fraction of sp³-hybridized carbons (Fsp3) is 0.269. The maximum atomic E-state index is 11.6. The third-order valence-electron chi connectivity index (χ3n) is 5.61. The van der Waals surface area contributed by atoms with Crippen LogP contribution in [0.1, 0.15) is 31.2 Å². The summed E-state index contributed by atoms with van der Waals surface area (Å²) < 4.78 is 5.89. The molecule has 0 saturated heterocycles. The molecule has 0 aliphatic heterocycles. The molecule has 1 aliphatic carbocycles. The molecule has 172 valence electrons. The largest absolute Gasteiger partial charge is 0.457 e. The van der Waals surface area contributed by atoms with Gasteiger partial charge in [-0.25, -0.2) is 4.99 Å². The number of nitrogens with one attached hydrogen (secondary N) is 2. The lowest BCUT2D eigenvalue weighted by atomic mass is 9.90. The van der Waals surface area contributed by atoms with Crippen LogP contribution in [0, 0.1) is 0 Å². The number of carbonyl (C=O) groups is 1. The Bertz CT molecular complexity index is 1020. The molecule has 0 aromatic heterocycles. The van der Waals surface area contributed by atoms with E-state index < -0.39 is 0 Å². The Labute approximate surface area is 195 Å². The van der Waals surface area contributed by atoms with Crippen molar-refractivity contribution < 1.29 is 9.53 Å². The van der Waals surface area contributed by atoms with E-state index in [4.69, 9.17) is 10.5 Å². The van der Waals surface area contributed by atoms with Gasteiger partial charge in [0.1, 0.15) is 23.2 Å². The normalized spacial score (nSPS) is 19.1. The van der Waals surface area contributed by atoms with Gasteiger partial charge in [-0.1, -0.05) is 36.9 Å². The number of para-hydroxylation sites is 1. The van der Waals surface area contributed by atoms with E-state index in [1.165, 1.54) is 6.08 Å². The average molecular weight is 446 g/mol. The second-order valence-electron chi connectivity index (χ2n) is 7.84. The van der Waals surface area contributed by atoms with Gasteiger partial charge >= 0.3 is 0 Å². The molecular formula is C26H31N5O2. The van der Waals surface area contributed by atoms with Crippen molar-refractivity contribution in [1.29, 1.82) is 0 Å². The van der Waals surface area contributed by atoms with E-state index in [2.05, 4.69) is 33.9 Å². The first-order valence-electron chi connectivity index (χ1n) is 11.0. The molecule has 3 rings (SSSR count). The number of amidine groups is 1. The molecule has 33 heavy (non-hydrogen) atoms. The summed E-state index contributed by atoms with van der Waals surface area (Å²) in [5.74, 6) is 2.32. The summed E-state index contributed by atoms with van der Waals surface area (Å²) in [6, 6.07) is 17.6. The molecule has 0 heterocycles. The summed E-state index contributed by atoms with van der Waals surface area (Å²) in [5, 5.41) is 6.50. The Hall–Kier alpha value is -3.87. The van der Waals surface area contributed by atoms with E-state index in [1.807, 2.05) is 54.6 Å². The molecule has 4 N–H and O–H groups in total. The van der Waals surface area contributed by atoms with Crippen molar-refractivity contribution in [3.8, 4) is 11.5 Å². The molecule has 0 unspecified atom stereocenters. The number of aliphatic imine (C=N–C) groups is 2. The van der Waals surface area contributed by atoms with E-state index in [1.54, 1.807) is 7.05 Å². The van der Waals surface area contributed by atoms with Crippen molar-refractivity contribution in [1.82, 2.24) is 10.6 Å². The third kappa shape index (κ3) is 6.55. The lowest BCUT2D eigenvalue weighted by Gasteiger charge is -2.31. The third-order valence-corrected chi connectivity index (χ3v) is 5.61. The molecule has 7 heteroatoms. The van der Waals surface area contributed by atoms with Crippen LogP contribution in [-0.2, 0) is 4.79 Å². The van der Waals surface area contributed by atoms with Gasteiger partial charge in [-0.05, 0) is 68.3 Å². The van der Waals surface area contributed by atoms with Crippen LogP contribution in [0.25, 0.3) is 5.57 Å². The average Bonchev–Trinajstić information content (AvgIpc) is 2.86. The number of rotatable bonds is 8. The molecule has 0 radical (unpaired) electrons. The van der Waals surface area contributed by atoms with Gasteiger partial charge in [-0.15, -0.1) is 0 Å². The van der Waals surface area contributed by atoms with Crippen molar-refractivity contribution in [3.63, 3.8) is 0 Å². The second kappa shape index (κ2) is 11.7. The van der Waals surface area contributed by atoms with Crippen LogP contribution >= 0.6 is 0 Å². The molecule has 2 aromatic rings. The molecule has 7 nitrogen and oxygen atoms in total. The first-order valence-corrected chi connectivity index (χ1v) is 11.0. The zero-order chi connectivity index (χ0) is 23.6. The zero-order valence-electron chi connectivity index (χ0n) is 19.0. The van der Waals surface area contributed by atoms with Crippen molar-refractivity contribution in [2.75, 3.05) is 7.05 Å². The summed E-state index contributed by atoms with van der Waals surface area (Å²) in [5.41, 5.74) is 7.78. The van der Waals surface area contributed by atoms with Crippen LogP contribution in [-0.4, -0.2) is 37.6 Å². The van der Waals surface area contributed by atoms with Gasteiger partial charge in [0, 0.05) is 19.1 Å². The van der Waals surface area contributed by atoms with Crippen LogP contribution in [0.2, 0.25) is 0 Å². The van der Waals surface area contributed by atoms with E-state index >= 15 is 0 Å². The van der Waals surface area contributed by atoms with Gasteiger partial charge in [-0.2, -0.15) is 0 Å². The fourth-order valence-corrected chi connectivity index (χ4v) is 3.88. The zero-order valence-corrected chi connectivity index (χ0v) is 19.0. The smallest absolute Gasteiger partial charge is 0.243 e.